The number of carbonyl (C=O) groups is 2. The van der Waals surface area contributed by atoms with Crippen LogP contribution in [0, 0.1) is 0 Å². The summed E-state index contributed by atoms with van der Waals surface area (Å²) in [5, 5.41) is 0. The Labute approximate surface area is 108 Å². The fraction of sp³-hybridized carbons (Fsp3) is 0.467. The van der Waals surface area contributed by atoms with Gasteiger partial charge >= 0.3 is 5.97 Å². The summed E-state index contributed by atoms with van der Waals surface area (Å²) >= 11 is 0. The van der Waals surface area contributed by atoms with Crippen molar-refractivity contribution in [3.8, 4) is 0 Å². The van der Waals surface area contributed by atoms with Gasteiger partial charge in [-0.1, -0.05) is 62.9 Å². The monoisotopic (exact) mass is 248 g/mol. The SMILES string of the molecule is CCCCCCCOC(=O)C(=O)c1ccccc1. The summed E-state index contributed by atoms with van der Waals surface area (Å²) in [6.07, 6.45) is 5.41. The zero-order valence-electron chi connectivity index (χ0n) is 10.9. The molecule has 1 aromatic rings. The van der Waals surface area contributed by atoms with Crippen molar-refractivity contribution in [2.24, 2.45) is 0 Å². The van der Waals surface area contributed by atoms with Crippen LogP contribution in [0.2, 0.25) is 0 Å². The molecule has 0 bridgehead atoms. The molecule has 98 valence electrons. The molecule has 0 amide bonds. The summed E-state index contributed by atoms with van der Waals surface area (Å²) in [5.74, 6) is -1.32. The van der Waals surface area contributed by atoms with E-state index in [0.717, 1.165) is 19.3 Å². The summed E-state index contributed by atoms with van der Waals surface area (Å²) in [4.78, 5) is 23.1. The molecule has 0 radical (unpaired) electrons. The number of benzene rings is 1. The van der Waals surface area contributed by atoms with Crippen LogP contribution in [-0.2, 0) is 9.53 Å². The van der Waals surface area contributed by atoms with Crippen LogP contribution in [0.5, 0.6) is 0 Å². The van der Waals surface area contributed by atoms with Crippen molar-refractivity contribution in [1.82, 2.24) is 0 Å². The summed E-state index contributed by atoms with van der Waals surface area (Å²) in [6, 6.07) is 8.49. The second kappa shape index (κ2) is 8.45. The molecule has 18 heavy (non-hydrogen) atoms. The van der Waals surface area contributed by atoms with Gasteiger partial charge < -0.3 is 4.74 Å². The molecule has 0 N–H and O–H groups in total. The van der Waals surface area contributed by atoms with Crippen molar-refractivity contribution < 1.29 is 14.3 Å². The van der Waals surface area contributed by atoms with Crippen molar-refractivity contribution >= 4 is 11.8 Å². The lowest BCUT2D eigenvalue weighted by molar-refractivity contribution is -0.138. The maximum absolute atomic E-state index is 11.6. The minimum absolute atomic E-state index is 0.334. The molecule has 0 atom stereocenters. The van der Waals surface area contributed by atoms with Crippen LogP contribution in [0.25, 0.3) is 0 Å². The van der Waals surface area contributed by atoms with Gasteiger partial charge in [-0.2, -0.15) is 0 Å². The van der Waals surface area contributed by atoms with Crippen molar-refractivity contribution in [1.29, 1.82) is 0 Å². The molecule has 0 unspecified atom stereocenters. The molecule has 0 fully saturated rings. The highest BCUT2D eigenvalue weighted by Gasteiger charge is 2.16. The van der Waals surface area contributed by atoms with E-state index in [1.807, 2.05) is 0 Å². The fourth-order valence-electron chi connectivity index (χ4n) is 1.64. The zero-order chi connectivity index (χ0) is 13.2. The number of rotatable bonds is 8. The van der Waals surface area contributed by atoms with E-state index in [9.17, 15) is 9.59 Å². The van der Waals surface area contributed by atoms with E-state index < -0.39 is 11.8 Å². The molecular formula is C15H20O3. The highest BCUT2D eigenvalue weighted by molar-refractivity contribution is 6.40. The quantitative estimate of drug-likeness (QED) is 0.306. The van der Waals surface area contributed by atoms with Gasteiger partial charge in [0.2, 0.25) is 0 Å². The lowest BCUT2D eigenvalue weighted by Gasteiger charge is -2.03. The number of Topliss-reactive ketones (excluding diaryl/α,β-unsaturated/α-hetero) is 1. The smallest absolute Gasteiger partial charge is 0.379 e. The van der Waals surface area contributed by atoms with E-state index in [1.165, 1.54) is 12.8 Å². The number of unbranched alkanes of at least 4 members (excludes halogenated alkanes) is 4. The lowest BCUT2D eigenvalue weighted by atomic mass is 10.1. The van der Waals surface area contributed by atoms with Crippen LogP contribution in [-0.4, -0.2) is 18.4 Å². The Morgan fingerprint density at radius 1 is 1.00 bits per heavy atom. The summed E-state index contributed by atoms with van der Waals surface area (Å²) in [7, 11) is 0. The number of esters is 1. The van der Waals surface area contributed by atoms with Crippen molar-refractivity contribution in [3.05, 3.63) is 35.9 Å². The number of ether oxygens (including phenoxy) is 1. The molecule has 0 aromatic heterocycles. The molecule has 0 spiro atoms. The van der Waals surface area contributed by atoms with Gasteiger partial charge in [-0.25, -0.2) is 4.79 Å². The summed E-state index contributed by atoms with van der Waals surface area (Å²) in [6.45, 7) is 2.49. The normalized spacial score (nSPS) is 10.1. The van der Waals surface area contributed by atoms with Gasteiger partial charge in [0.25, 0.3) is 5.78 Å². The summed E-state index contributed by atoms with van der Waals surface area (Å²) in [5.41, 5.74) is 0.383. The second-order valence-corrected chi connectivity index (χ2v) is 4.25. The third-order valence-corrected chi connectivity index (χ3v) is 2.70. The van der Waals surface area contributed by atoms with Crippen LogP contribution < -0.4 is 0 Å². The molecule has 0 aliphatic rings. The van der Waals surface area contributed by atoms with Crippen LogP contribution >= 0.6 is 0 Å². The Morgan fingerprint density at radius 2 is 1.67 bits per heavy atom. The number of hydrogen-bond acceptors (Lipinski definition) is 3. The molecule has 3 nitrogen and oxygen atoms in total. The second-order valence-electron chi connectivity index (χ2n) is 4.25. The van der Waals surface area contributed by atoms with E-state index in [2.05, 4.69) is 6.92 Å². The van der Waals surface area contributed by atoms with Crippen LogP contribution in [0.15, 0.2) is 30.3 Å². The number of carbonyl (C=O) groups excluding carboxylic acids is 2. The molecule has 0 aliphatic carbocycles. The Bertz CT molecular complexity index is 371. The fourth-order valence-corrected chi connectivity index (χ4v) is 1.64. The van der Waals surface area contributed by atoms with E-state index in [0.29, 0.717) is 12.2 Å². The maximum Gasteiger partial charge on any atom is 0.379 e. The Hall–Kier alpha value is -1.64. The predicted octanol–water partition coefficient (Wildman–Crippen LogP) is 3.38. The van der Waals surface area contributed by atoms with E-state index in [4.69, 9.17) is 4.74 Å². The van der Waals surface area contributed by atoms with Gasteiger partial charge in [0.15, 0.2) is 0 Å². The Kier molecular flexibility index (Phi) is 6.77. The van der Waals surface area contributed by atoms with Gasteiger partial charge in [-0.15, -0.1) is 0 Å². The molecule has 0 saturated heterocycles. The van der Waals surface area contributed by atoms with E-state index >= 15 is 0 Å². The average molecular weight is 248 g/mol. The Morgan fingerprint density at radius 3 is 2.33 bits per heavy atom. The number of ketones is 1. The van der Waals surface area contributed by atoms with Crippen molar-refractivity contribution in [2.45, 2.75) is 39.0 Å². The van der Waals surface area contributed by atoms with Crippen LogP contribution in [0.1, 0.15) is 49.4 Å². The van der Waals surface area contributed by atoms with Gasteiger partial charge in [-0.05, 0) is 6.42 Å². The summed E-state index contributed by atoms with van der Waals surface area (Å²) < 4.78 is 4.95. The first-order valence-corrected chi connectivity index (χ1v) is 6.52. The van der Waals surface area contributed by atoms with Gasteiger partial charge in [0, 0.05) is 5.56 Å². The molecular weight excluding hydrogens is 228 g/mol. The standard InChI is InChI=1S/C15H20O3/c1-2-3-4-5-9-12-18-15(17)14(16)13-10-7-6-8-11-13/h6-8,10-11H,2-5,9,12H2,1H3. The average Bonchev–Trinajstić information content (AvgIpc) is 2.42. The topological polar surface area (TPSA) is 43.4 Å². The zero-order valence-corrected chi connectivity index (χ0v) is 10.9. The van der Waals surface area contributed by atoms with E-state index in [1.54, 1.807) is 30.3 Å². The molecule has 0 saturated carbocycles. The first-order chi connectivity index (χ1) is 8.75. The molecule has 1 rings (SSSR count). The maximum atomic E-state index is 11.6. The number of hydrogen-bond donors (Lipinski definition) is 0. The highest BCUT2D eigenvalue weighted by Crippen LogP contribution is 2.04. The Balaban J connectivity index is 2.23. The minimum atomic E-state index is -0.753. The lowest BCUT2D eigenvalue weighted by Crippen LogP contribution is -2.18. The van der Waals surface area contributed by atoms with E-state index in [-0.39, 0.29) is 0 Å². The third kappa shape index (κ3) is 5.13. The molecule has 0 aliphatic heterocycles. The molecule has 3 heteroatoms. The largest absolute Gasteiger partial charge is 0.460 e. The third-order valence-electron chi connectivity index (χ3n) is 2.70. The first-order valence-electron chi connectivity index (χ1n) is 6.52. The van der Waals surface area contributed by atoms with Gasteiger partial charge in [0.1, 0.15) is 0 Å². The first kappa shape index (κ1) is 14.4. The van der Waals surface area contributed by atoms with Crippen LogP contribution in [0.4, 0.5) is 0 Å². The van der Waals surface area contributed by atoms with Gasteiger partial charge in [0.05, 0.1) is 6.61 Å². The van der Waals surface area contributed by atoms with Crippen LogP contribution in [0.3, 0.4) is 0 Å². The van der Waals surface area contributed by atoms with Gasteiger partial charge in [-0.3, -0.25) is 4.79 Å². The molecule has 1 aromatic carbocycles. The molecule has 0 heterocycles. The van der Waals surface area contributed by atoms with Crippen molar-refractivity contribution in [3.63, 3.8) is 0 Å². The highest BCUT2D eigenvalue weighted by atomic mass is 16.5. The van der Waals surface area contributed by atoms with Crippen molar-refractivity contribution in [2.75, 3.05) is 6.61 Å². The predicted molar refractivity (Wildman–Crippen MR) is 70.5 cm³/mol. The minimum Gasteiger partial charge on any atom is -0.460 e.